The lowest BCUT2D eigenvalue weighted by Crippen LogP contribution is -1.96. The Morgan fingerprint density at radius 3 is 2.19 bits per heavy atom. The van der Waals surface area contributed by atoms with Crippen molar-refractivity contribution in [3.8, 4) is 0 Å². The molecule has 0 N–H and O–H groups in total. The first-order valence-corrected chi connectivity index (χ1v) is 8.76. The maximum Gasteiger partial charge on any atom is 0.175 e. The second-order valence-electron chi connectivity index (χ2n) is 4.55. The number of rotatable bonds is 4. The molecule has 0 heterocycles. The maximum absolute atomic E-state index is 13.9. The molecular formula is C15H13FO3S2. The second-order valence-corrected chi connectivity index (χ2v) is 7.68. The van der Waals surface area contributed by atoms with Gasteiger partial charge < -0.3 is 0 Å². The van der Waals surface area contributed by atoms with Crippen LogP contribution in [0.1, 0.15) is 17.3 Å². The number of sulfone groups is 1. The molecular weight excluding hydrogens is 311 g/mol. The van der Waals surface area contributed by atoms with Crippen LogP contribution in [-0.4, -0.2) is 20.5 Å². The molecule has 2 aromatic carbocycles. The molecule has 0 aromatic heterocycles. The fourth-order valence-corrected chi connectivity index (χ4v) is 3.13. The molecule has 0 atom stereocenters. The second kappa shape index (κ2) is 5.99. The van der Waals surface area contributed by atoms with Crippen molar-refractivity contribution in [3.63, 3.8) is 0 Å². The topological polar surface area (TPSA) is 51.2 Å². The van der Waals surface area contributed by atoms with Crippen LogP contribution in [0.25, 0.3) is 0 Å². The smallest absolute Gasteiger partial charge is 0.175 e. The van der Waals surface area contributed by atoms with Gasteiger partial charge >= 0.3 is 0 Å². The zero-order valence-electron chi connectivity index (χ0n) is 11.5. The van der Waals surface area contributed by atoms with E-state index in [1.807, 2.05) is 0 Å². The molecule has 0 aliphatic heterocycles. The molecule has 0 fully saturated rings. The molecule has 0 saturated heterocycles. The van der Waals surface area contributed by atoms with Crippen LogP contribution in [0.3, 0.4) is 0 Å². The average Bonchev–Trinajstić information content (AvgIpc) is 2.40. The normalized spacial score (nSPS) is 11.4. The minimum absolute atomic E-state index is 0.192. The average molecular weight is 324 g/mol. The molecule has 0 spiro atoms. The third-order valence-electron chi connectivity index (χ3n) is 2.82. The third-order valence-corrected chi connectivity index (χ3v) is 5.01. The summed E-state index contributed by atoms with van der Waals surface area (Å²) < 4.78 is 36.6. The summed E-state index contributed by atoms with van der Waals surface area (Å²) in [5.41, 5.74) is 0.323. The van der Waals surface area contributed by atoms with Crippen molar-refractivity contribution in [3.05, 3.63) is 53.8 Å². The summed E-state index contributed by atoms with van der Waals surface area (Å²) in [5.74, 6) is -0.664. The highest BCUT2D eigenvalue weighted by atomic mass is 32.2. The standard InChI is InChI=1S/C15H13FO3S2/c1-10(17)11-3-8-15(14(16)9-11)20-12-4-6-13(7-5-12)21(2,18)19/h3-9H,1-2H3. The molecule has 2 rings (SSSR count). The fraction of sp³-hybridized carbons (Fsp3) is 0.133. The molecule has 6 heteroatoms. The van der Waals surface area contributed by atoms with Gasteiger partial charge in [-0.15, -0.1) is 0 Å². The molecule has 0 amide bonds. The summed E-state index contributed by atoms with van der Waals surface area (Å²) >= 11 is 1.17. The summed E-state index contributed by atoms with van der Waals surface area (Å²) in [6.07, 6.45) is 1.13. The number of Topliss-reactive ketones (excluding diaryl/α,β-unsaturated/α-hetero) is 1. The van der Waals surface area contributed by atoms with Gasteiger partial charge in [0.2, 0.25) is 0 Å². The van der Waals surface area contributed by atoms with Crippen molar-refractivity contribution in [2.24, 2.45) is 0 Å². The molecule has 2 aromatic rings. The van der Waals surface area contributed by atoms with Gasteiger partial charge in [0.25, 0.3) is 0 Å². The predicted octanol–water partition coefficient (Wildman–Crippen LogP) is 3.58. The van der Waals surface area contributed by atoms with Crippen molar-refractivity contribution in [2.45, 2.75) is 21.6 Å². The largest absolute Gasteiger partial charge is 0.295 e. The van der Waals surface area contributed by atoms with Crippen molar-refractivity contribution >= 4 is 27.4 Å². The quantitative estimate of drug-likeness (QED) is 0.807. The Morgan fingerprint density at radius 1 is 1.10 bits per heavy atom. The van der Waals surface area contributed by atoms with Gasteiger partial charge in [-0.25, -0.2) is 12.8 Å². The Kier molecular flexibility index (Phi) is 4.49. The summed E-state index contributed by atoms with van der Waals surface area (Å²) in [4.78, 5) is 12.5. The van der Waals surface area contributed by atoms with Gasteiger partial charge in [0, 0.05) is 21.6 Å². The highest BCUT2D eigenvalue weighted by Gasteiger charge is 2.10. The Labute approximate surface area is 127 Å². The number of benzene rings is 2. The van der Waals surface area contributed by atoms with Crippen LogP contribution >= 0.6 is 11.8 Å². The molecule has 21 heavy (non-hydrogen) atoms. The fourth-order valence-electron chi connectivity index (χ4n) is 1.68. The first-order valence-electron chi connectivity index (χ1n) is 6.06. The molecule has 0 bridgehead atoms. The van der Waals surface area contributed by atoms with E-state index in [2.05, 4.69) is 0 Å². The van der Waals surface area contributed by atoms with Crippen LogP contribution in [0.2, 0.25) is 0 Å². The van der Waals surface area contributed by atoms with Crippen molar-refractivity contribution < 1.29 is 17.6 Å². The first-order chi connectivity index (χ1) is 9.77. The van der Waals surface area contributed by atoms with Gasteiger partial charge in [-0.3, -0.25) is 4.79 Å². The van der Waals surface area contributed by atoms with E-state index >= 15 is 0 Å². The Balaban J connectivity index is 2.24. The Hall–Kier alpha value is -1.66. The third kappa shape index (κ3) is 3.92. The van der Waals surface area contributed by atoms with E-state index in [1.54, 1.807) is 24.3 Å². The monoisotopic (exact) mass is 324 g/mol. The molecule has 3 nitrogen and oxygen atoms in total. The van der Waals surface area contributed by atoms with E-state index in [4.69, 9.17) is 0 Å². The van der Waals surface area contributed by atoms with Crippen LogP contribution in [-0.2, 0) is 9.84 Å². The van der Waals surface area contributed by atoms with E-state index in [0.29, 0.717) is 10.5 Å². The van der Waals surface area contributed by atoms with Crippen LogP contribution in [0.4, 0.5) is 4.39 Å². The highest BCUT2D eigenvalue weighted by Crippen LogP contribution is 2.31. The van der Waals surface area contributed by atoms with Gasteiger partial charge in [-0.2, -0.15) is 0 Å². The van der Waals surface area contributed by atoms with Crippen LogP contribution in [0.15, 0.2) is 57.2 Å². The van der Waals surface area contributed by atoms with Gasteiger partial charge in [0.1, 0.15) is 5.82 Å². The zero-order chi connectivity index (χ0) is 15.6. The minimum Gasteiger partial charge on any atom is -0.295 e. The lowest BCUT2D eigenvalue weighted by molar-refractivity contribution is 0.101. The van der Waals surface area contributed by atoms with E-state index in [0.717, 1.165) is 11.2 Å². The van der Waals surface area contributed by atoms with Crippen LogP contribution in [0, 0.1) is 5.82 Å². The number of ketones is 1. The number of carbonyl (C=O) groups is 1. The number of hydrogen-bond acceptors (Lipinski definition) is 4. The predicted molar refractivity (Wildman–Crippen MR) is 80.1 cm³/mol. The summed E-state index contributed by atoms with van der Waals surface area (Å²) in [5, 5.41) is 0. The number of carbonyl (C=O) groups excluding carboxylic acids is 1. The molecule has 0 unspecified atom stereocenters. The van der Waals surface area contributed by atoms with Gasteiger partial charge in [0.05, 0.1) is 4.90 Å². The van der Waals surface area contributed by atoms with Crippen molar-refractivity contribution in [1.29, 1.82) is 0 Å². The molecule has 0 saturated carbocycles. The van der Waals surface area contributed by atoms with E-state index in [9.17, 15) is 17.6 Å². The minimum atomic E-state index is -3.24. The van der Waals surface area contributed by atoms with Crippen LogP contribution in [0.5, 0.6) is 0 Å². The lowest BCUT2D eigenvalue weighted by atomic mass is 10.1. The highest BCUT2D eigenvalue weighted by molar-refractivity contribution is 7.99. The van der Waals surface area contributed by atoms with Crippen molar-refractivity contribution in [1.82, 2.24) is 0 Å². The molecule has 0 aliphatic carbocycles. The SMILES string of the molecule is CC(=O)c1ccc(Sc2ccc(S(C)(=O)=O)cc2)c(F)c1. The number of hydrogen-bond donors (Lipinski definition) is 0. The van der Waals surface area contributed by atoms with E-state index in [-0.39, 0.29) is 10.7 Å². The molecule has 0 radical (unpaired) electrons. The van der Waals surface area contributed by atoms with E-state index in [1.165, 1.54) is 36.9 Å². The summed E-state index contributed by atoms with van der Waals surface area (Å²) in [6, 6.07) is 10.5. The summed E-state index contributed by atoms with van der Waals surface area (Å²) in [7, 11) is -3.24. The van der Waals surface area contributed by atoms with Crippen molar-refractivity contribution in [2.75, 3.05) is 6.26 Å². The van der Waals surface area contributed by atoms with Crippen LogP contribution < -0.4 is 0 Å². The zero-order valence-corrected chi connectivity index (χ0v) is 13.1. The Morgan fingerprint density at radius 2 is 1.71 bits per heavy atom. The first kappa shape index (κ1) is 15.7. The lowest BCUT2D eigenvalue weighted by Gasteiger charge is -2.05. The number of halogens is 1. The van der Waals surface area contributed by atoms with Gasteiger partial charge in [0.15, 0.2) is 15.6 Å². The molecule has 110 valence electrons. The van der Waals surface area contributed by atoms with Gasteiger partial charge in [-0.05, 0) is 43.3 Å². The van der Waals surface area contributed by atoms with Gasteiger partial charge in [-0.1, -0.05) is 17.8 Å². The Bertz CT molecular complexity index is 781. The molecule has 0 aliphatic rings. The maximum atomic E-state index is 13.9. The van der Waals surface area contributed by atoms with E-state index < -0.39 is 15.7 Å². The summed E-state index contributed by atoms with van der Waals surface area (Å²) in [6.45, 7) is 1.38.